The van der Waals surface area contributed by atoms with Crippen LogP contribution in [0.25, 0.3) is 16.8 Å². The van der Waals surface area contributed by atoms with Gasteiger partial charge in [-0.05, 0) is 17.7 Å². The highest BCUT2D eigenvalue weighted by molar-refractivity contribution is 6.30. The van der Waals surface area contributed by atoms with E-state index in [9.17, 15) is 0 Å². The summed E-state index contributed by atoms with van der Waals surface area (Å²) < 4.78 is 6.67. The minimum atomic E-state index is 0.248. The first kappa shape index (κ1) is 14.3. The quantitative estimate of drug-likeness (QED) is 0.803. The molecule has 22 heavy (non-hydrogen) atoms. The molecule has 0 aliphatic carbocycles. The maximum atomic E-state index is 9.06. The Balaban J connectivity index is 2.34. The summed E-state index contributed by atoms with van der Waals surface area (Å²) in [5, 5.41) is 14.1. The van der Waals surface area contributed by atoms with Gasteiger partial charge in [-0.3, -0.25) is 0 Å². The van der Waals surface area contributed by atoms with Gasteiger partial charge in [-0.25, -0.2) is 4.98 Å². The second-order valence-electron chi connectivity index (χ2n) is 4.67. The van der Waals surface area contributed by atoms with Gasteiger partial charge < -0.3 is 10.5 Å². The van der Waals surface area contributed by atoms with Gasteiger partial charge in [-0.1, -0.05) is 23.7 Å². The Hall–Kier alpha value is -2.62. The SMILES string of the molecule is COCc1nn2c(N)c(C#N)cnc2c1-c1cccc(Cl)c1. The molecule has 0 aliphatic heterocycles. The fourth-order valence-electron chi connectivity index (χ4n) is 2.31. The highest BCUT2D eigenvalue weighted by Crippen LogP contribution is 2.31. The van der Waals surface area contributed by atoms with Crippen LogP contribution in [0.2, 0.25) is 5.02 Å². The summed E-state index contributed by atoms with van der Waals surface area (Å²) in [6.07, 6.45) is 1.44. The number of nitrogens with zero attached hydrogens (tertiary/aromatic N) is 4. The van der Waals surface area contributed by atoms with Crippen molar-refractivity contribution in [3.05, 3.63) is 46.7 Å². The molecule has 0 radical (unpaired) electrons. The van der Waals surface area contributed by atoms with E-state index in [1.54, 1.807) is 13.2 Å². The zero-order valence-corrected chi connectivity index (χ0v) is 12.5. The third-order valence-electron chi connectivity index (χ3n) is 3.27. The molecule has 110 valence electrons. The Morgan fingerprint density at radius 2 is 2.27 bits per heavy atom. The van der Waals surface area contributed by atoms with E-state index in [0.29, 0.717) is 23.0 Å². The minimum Gasteiger partial charge on any atom is -0.382 e. The van der Waals surface area contributed by atoms with Gasteiger partial charge in [0.25, 0.3) is 0 Å². The topological polar surface area (TPSA) is 89.2 Å². The monoisotopic (exact) mass is 313 g/mol. The van der Waals surface area contributed by atoms with Crippen molar-refractivity contribution in [2.24, 2.45) is 0 Å². The molecule has 0 aliphatic rings. The van der Waals surface area contributed by atoms with Crippen LogP contribution in [0, 0.1) is 11.3 Å². The molecule has 7 heteroatoms. The van der Waals surface area contributed by atoms with E-state index < -0.39 is 0 Å². The number of hydrogen-bond donors (Lipinski definition) is 1. The van der Waals surface area contributed by atoms with Gasteiger partial charge in [0.15, 0.2) is 5.65 Å². The summed E-state index contributed by atoms with van der Waals surface area (Å²) >= 11 is 6.07. The summed E-state index contributed by atoms with van der Waals surface area (Å²) in [5.74, 6) is 0.248. The number of methoxy groups -OCH3 is 1. The Morgan fingerprint density at radius 1 is 1.45 bits per heavy atom. The largest absolute Gasteiger partial charge is 0.382 e. The molecule has 1 aromatic carbocycles. The van der Waals surface area contributed by atoms with E-state index in [0.717, 1.165) is 11.1 Å². The molecule has 0 fully saturated rings. The van der Waals surface area contributed by atoms with E-state index in [4.69, 9.17) is 27.3 Å². The first-order valence-corrected chi connectivity index (χ1v) is 6.84. The Kier molecular flexibility index (Phi) is 3.67. The number of halogens is 1. The molecular formula is C15H12ClN5O. The van der Waals surface area contributed by atoms with Crippen LogP contribution < -0.4 is 5.73 Å². The predicted molar refractivity (Wildman–Crippen MR) is 83.3 cm³/mol. The molecule has 0 saturated heterocycles. The number of nitriles is 1. The number of hydrogen-bond acceptors (Lipinski definition) is 5. The fourth-order valence-corrected chi connectivity index (χ4v) is 2.50. The van der Waals surface area contributed by atoms with Gasteiger partial charge in [-0.2, -0.15) is 14.9 Å². The second kappa shape index (κ2) is 5.64. The molecule has 0 spiro atoms. The van der Waals surface area contributed by atoms with Crippen LogP contribution in [-0.4, -0.2) is 21.7 Å². The summed E-state index contributed by atoms with van der Waals surface area (Å²) in [7, 11) is 1.59. The lowest BCUT2D eigenvalue weighted by atomic mass is 10.1. The van der Waals surface area contributed by atoms with Crippen molar-refractivity contribution in [3.8, 4) is 17.2 Å². The van der Waals surface area contributed by atoms with Gasteiger partial charge in [0, 0.05) is 12.1 Å². The lowest BCUT2D eigenvalue weighted by Gasteiger charge is -2.04. The Labute approximate surface area is 131 Å². The van der Waals surface area contributed by atoms with Crippen molar-refractivity contribution >= 4 is 23.1 Å². The molecule has 0 amide bonds. The van der Waals surface area contributed by atoms with Crippen molar-refractivity contribution in [1.29, 1.82) is 5.26 Å². The fraction of sp³-hybridized carbons (Fsp3) is 0.133. The van der Waals surface area contributed by atoms with Gasteiger partial charge in [0.2, 0.25) is 0 Å². The van der Waals surface area contributed by atoms with Crippen molar-refractivity contribution in [2.75, 3.05) is 12.8 Å². The molecule has 0 saturated carbocycles. The maximum absolute atomic E-state index is 9.06. The van der Waals surface area contributed by atoms with Gasteiger partial charge in [0.1, 0.15) is 17.5 Å². The van der Waals surface area contributed by atoms with Crippen LogP contribution in [0.15, 0.2) is 30.5 Å². The zero-order chi connectivity index (χ0) is 15.7. The van der Waals surface area contributed by atoms with Crippen LogP contribution in [0.4, 0.5) is 5.82 Å². The average Bonchev–Trinajstić information content (AvgIpc) is 2.87. The summed E-state index contributed by atoms with van der Waals surface area (Å²) in [6, 6.07) is 9.38. The molecule has 2 aromatic heterocycles. The molecule has 6 nitrogen and oxygen atoms in total. The number of nitrogen functional groups attached to an aromatic ring is 1. The van der Waals surface area contributed by atoms with Crippen LogP contribution >= 0.6 is 11.6 Å². The maximum Gasteiger partial charge on any atom is 0.165 e. The van der Waals surface area contributed by atoms with Gasteiger partial charge >= 0.3 is 0 Å². The normalized spacial score (nSPS) is 10.8. The molecular weight excluding hydrogens is 302 g/mol. The van der Waals surface area contributed by atoms with E-state index in [1.807, 2.05) is 24.3 Å². The number of nitrogens with two attached hydrogens (primary N) is 1. The first-order chi connectivity index (χ1) is 10.7. The lowest BCUT2D eigenvalue weighted by Crippen LogP contribution is -2.03. The van der Waals surface area contributed by atoms with Gasteiger partial charge in [-0.15, -0.1) is 0 Å². The molecule has 2 heterocycles. The second-order valence-corrected chi connectivity index (χ2v) is 5.11. The van der Waals surface area contributed by atoms with E-state index in [1.165, 1.54) is 10.7 Å². The number of rotatable bonds is 3. The van der Waals surface area contributed by atoms with Crippen molar-refractivity contribution in [1.82, 2.24) is 14.6 Å². The Bertz CT molecular complexity index is 897. The predicted octanol–water partition coefficient (Wildman–Crippen LogP) is 2.65. The number of fused-ring (bicyclic) bond motifs is 1. The number of benzene rings is 1. The van der Waals surface area contributed by atoms with Crippen LogP contribution in [0.5, 0.6) is 0 Å². The molecule has 0 bridgehead atoms. The third-order valence-corrected chi connectivity index (χ3v) is 3.50. The molecule has 3 rings (SSSR count). The highest BCUT2D eigenvalue weighted by Gasteiger charge is 2.18. The van der Waals surface area contributed by atoms with E-state index >= 15 is 0 Å². The van der Waals surface area contributed by atoms with Crippen LogP contribution in [0.3, 0.4) is 0 Å². The summed E-state index contributed by atoms with van der Waals surface area (Å²) in [6.45, 7) is 0.298. The standard InChI is InChI=1S/C15H12ClN5O/c1-22-8-12-13(9-3-2-4-11(16)5-9)15-19-7-10(6-17)14(18)21(15)20-12/h2-5,7H,8,18H2,1H3. The lowest BCUT2D eigenvalue weighted by molar-refractivity contribution is 0.181. The first-order valence-electron chi connectivity index (χ1n) is 6.46. The Morgan fingerprint density at radius 3 is 2.95 bits per heavy atom. The zero-order valence-electron chi connectivity index (χ0n) is 11.7. The summed E-state index contributed by atoms with van der Waals surface area (Å²) in [4.78, 5) is 4.32. The molecule has 0 unspecified atom stereocenters. The number of ether oxygens (including phenoxy) is 1. The minimum absolute atomic E-state index is 0.248. The van der Waals surface area contributed by atoms with Crippen LogP contribution in [-0.2, 0) is 11.3 Å². The third kappa shape index (κ3) is 2.26. The van der Waals surface area contributed by atoms with Gasteiger partial charge in [0.05, 0.1) is 24.1 Å². The smallest absolute Gasteiger partial charge is 0.165 e. The van der Waals surface area contributed by atoms with E-state index in [-0.39, 0.29) is 11.4 Å². The molecule has 3 aromatic rings. The van der Waals surface area contributed by atoms with Crippen molar-refractivity contribution in [2.45, 2.75) is 6.61 Å². The highest BCUT2D eigenvalue weighted by atomic mass is 35.5. The molecule has 0 atom stereocenters. The van der Waals surface area contributed by atoms with Crippen molar-refractivity contribution < 1.29 is 4.74 Å². The summed E-state index contributed by atoms with van der Waals surface area (Å²) in [5.41, 5.74) is 9.16. The molecule has 2 N–H and O–H groups in total. The number of aromatic nitrogens is 3. The van der Waals surface area contributed by atoms with E-state index in [2.05, 4.69) is 10.1 Å². The van der Waals surface area contributed by atoms with Crippen LogP contribution in [0.1, 0.15) is 11.3 Å². The number of anilines is 1. The average molecular weight is 314 g/mol. The van der Waals surface area contributed by atoms with Crippen molar-refractivity contribution in [3.63, 3.8) is 0 Å².